The normalized spacial score (nSPS) is 11.6. The molecule has 3 rings (SSSR count). The molecule has 10 heteroatoms. The lowest BCUT2D eigenvalue weighted by atomic mass is 10.1. The molecule has 0 aliphatic rings. The lowest BCUT2D eigenvalue weighted by molar-refractivity contribution is -0.141. The van der Waals surface area contributed by atoms with E-state index < -0.39 is 18.1 Å². The van der Waals surface area contributed by atoms with Crippen LogP contribution in [0, 0.1) is 0 Å². The van der Waals surface area contributed by atoms with Crippen molar-refractivity contribution in [3.05, 3.63) is 89.5 Å². The first kappa shape index (κ1) is 34.5. The SMILES string of the molecule is CC(=O)ON(C(=O)Nc1ccccc1)c1ccc(CCCCOCCCCCCNC[C@H](O)c2ccc(O)c(CO)c2)cc1. The number of amides is 2. The van der Waals surface area contributed by atoms with Gasteiger partial charge in [-0.25, -0.2) is 9.59 Å². The molecule has 0 aromatic heterocycles. The van der Waals surface area contributed by atoms with E-state index in [1.807, 2.05) is 18.2 Å². The van der Waals surface area contributed by atoms with Gasteiger partial charge in [0, 0.05) is 37.9 Å². The highest BCUT2D eigenvalue weighted by Gasteiger charge is 2.20. The Morgan fingerprint density at radius 3 is 2.30 bits per heavy atom. The summed E-state index contributed by atoms with van der Waals surface area (Å²) in [5.74, 6) is -0.561. The number of hydroxylamine groups is 1. The van der Waals surface area contributed by atoms with Gasteiger partial charge in [-0.2, -0.15) is 0 Å². The van der Waals surface area contributed by atoms with Gasteiger partial charge < -0.3 is 35.5 Å². The van der Waals surface area contributed by atoms with Gasteiger partial charge >= 0.3 is 12.0 Å². The largest absolute Gasteiger partial charge is 0.508 e. The molecule has 0 aliphatic heterocycles. The van der Waals surface area contributed by atoms with Crippen LogP contribution in [0.15, 0.2) is 72.8 Å². The van der Waals surface area contributed by atoms with Gasteiger partial charge in [0.2, 0.25) is 0 Å². The first-order valence-electron chi connectivity index (χ1n) is 15.2. The van der Waals surface area contributed by atoms with Gasteiger partial charge in [-0.3, -0.25) is 0 Å². The number of ether oxygens (including phenoxy) is 1. The summed E-state index contributed by atoms with van der Waals surface area (Å²) in [7, 11) is 0. The number of anilines is 2. The minimum absolute atomic E-state index is 0.0298. The number of nitrogens with zero attached hydrogens (tertiary/aromatic N) is 1. The number of aryl methyl sites for hydroxylation is 1. The maximum absolute atomic E-state index is 12.7. The van der Waals surface area contributed by atoms with E-state index in [0.29, 0.717) is 35.7 Å². The summed E-state index contributed by atoms with van der Waals surface area (Å²) < 4.78 is 5.79. The fraction of sp³-hybridized carbons (Fsp3) is 0.412. The molecule has 0 radical (unpaired) electrons. The van der Waals surface area contributed by atoms with E-state index in [1.165, 1.54) is 13.0 Å². The fourth-order valence-corrected chi connectivity index (χ4v) is 4.57. The Hall–Kier alpha value is -3.96. The van der Waals surface area contributed by atoms with E-state index in [2.05, 4.69) is 10.6 Å². The molecule has 2 amide bonds. The third-order valence-electron chi connectivity index (χ3n) is 6.99. The van der Waals surface area contributed by atoms with Crippen LogP contribution in [0.4, 0.5) is 16.2 Å². The van der Waals surface area contributed by atoms with Gasteiger partial charge in [-0.15, -0.1) is 5.06 Å². The number of aliphatic hydroxyl groups excluding tert-OH is 2. The van der Waals surface area contributed by atoms with E-state index in [9.17, 15) is 24.9 Å². The number of hydrogen-bond acceptors (Lipinski definition) is 8. The van der Waals surface area contributed by atoms with Crippen LogP contribution in [0.1, 0.15) is 68.2 Å². The Labute approximate surface area is 259 Å². The summed E-state index contributed by atoms with van der Waals surface area (Å²) >= 11 is 0. The molecule has 0 aliphatic carbocycles. The average molecular weight is 608 g/mol. The maximum Gasteiger partial charge on any atom is 0.359 e. The molecule has 0 saturated carbocycles. The number of para-hydroxylation sites is 1. The van der Waals surface area contributed by atoms with Crippen molar-refractivity contribution in [2.24, 2.45) is 0 Å². The summed E-state index contributed by atoms with van der Waals surface area (Å²) in [6.45, 7) is 3.67. The molecule has 3 aromatic rings. The minimum atomic E-state index is -0.690. The van der Waals surface area contributed by atoms with Crippen molar-refractivity contribution in [2.45, 2.75) is 64.6 Å². The molecular weight excluding hydrogens is 562 g/mol. The highest BCUT2D eigenvalue weighted by Crippen LogP contribution is 2.22. The maximum atomic E-state index is 12.7. The first-order chi connectivity index (χ1) is 21.4. The molecule has 5 N–H and O–H groups in total. The van der Waals surface area contributed by atoms with E-state index in [1.54, 1.807) is 48.5 Å². The number of aliphatic hydroxyl groups is 2. The topological polar surface area (TPSA) is 141 Å². The predicted octanol–water partition coefficient (Wildman–Crippen LogP) is 5.62. The van der Waals surface area contributed by atoms with Crippen molar-refractivity contribution < 1.29 is 34.5 Å². The summed E-state index contributed by atoms with van der Waals surface area (Å²) in [6.07, 6.45) is 6.31. The highest BCUT2D eigenvalue weighted by molar-refractivity contribution is 6.01. The van der Waals surface area contributed by atoms with E-state index in [0.717, 1.165) is 68.7 Å². The van der Waals surface area contributed by atoms with Gasteiger partial charge in [0.1, 0.15) is 5.75 Å². The van der Waals surface area contributed by atoms with Crippen molar-refractivity contribution in [3.63, 3.8) is 0 Å². The van der Waals surface area contributed by atoms with E-state index in [-0.39, 0.29) is 12.4 Å². The van der Waals surface area contributed by atoms with Crippen molar-refractivity contribution >= 4 is 23.4 Å². The molecule has 0 fully saturated rings. The van der Waals surface area contributed by atoms with Crippen LogP contribution < -0.4 is 15.7 Å². The van der Waals surface area contributed by atoms with Crippen LogP contribution in [0.25, 0.3) is 0 Å². The van der Waals surface area contributed by atoms with Gasteiger partial charge in [-0.1, -0.05) is 49.2 Å². The summed E-state index contributed by atoms with van der Waals surface area (Å²) in [5.41, 5.74) is 3.26. The number of aromatic hydroxyl groups is 1. The molecule has 0 saturated heterocycles. The number of benzene rings is 3. The van der Waals surface area contributed by atoms with Crippen molar-refractivity contribution in [1.29, 1.82) is 0 Å². The molecule has 0 unspecified atom stereocenters. The van der Waals surface area contributed by atoms with Crippen LogP contribution in [0.2, 0.25) is 0 Å². The number of unbranched alkanes of at least 4 members (excludes halogenated alkanes) is 4. The zero-order valence-electron chi connectivity index (χ0n) is 25.4. The third-order valence-corrected chi connectivity index (χ3v) is 6.99. The molecule has 1 atom stereocenters. The van der Waals surface area contributed by atoms with Gasteiger partial charge in [0.05, 0.1) is 18.4 Å². The fourth-order valence-electron chi connectivity index (χ4n) is 4.57. The number of nitrogens with one attached hydrogen (secondary N) is 2. The molecule has 0 spiro atoms. The number of rotatable bonds is 18. The van der Waals surface area contributed by atoms with Gasteiger partial charge in [-0.05, 0) is 86.2 Å². The lowest BCUT2D eigenvalue weighted by Gasteiger charge is -2.21. The van der Waals surface area contributed by atoms with Crippen LogP contribution in [0.5, 0.6) is 5.75 Å². The molecule has 44 heavy (non-hydrogen) atoms. The molecule has 0 bridgehead atoms. The Morgan fingerprint density at radius 2 is 1.59 bits per heavy atom. The van der Waals surface area contributed by atoms with E-state index in [4.69, 9.17) is 9.57 Å². The first-order valence-corrected chi connectivity index (χ1v) is 15.2. The number of carbonyl (C=O) groups is 2. The monoisotopic (exact) mass is 607 g/mol. The van der Waals surface area contributed by atoms with Crippen molar-refractivity contribution in [3.8, 4) is 5.75 Å². The zero-order valence-corrected chi connectivity index (χ0v) is 25.4. The highest BCUT2D eigenvalue weighted by atomic mass is 16.7. The molecule has 238 valence electrons. The predicted molar refractivity (Wildman–Crippen MR) is 170 cm³/mol. The third kappa shape index (κ3) is 12.3. The summed E-state index contributed by atoms with van der Waals surface area (Å²) in [4.78, 5) is 29.5. The van der Waals surface area contributed by atoms with Crippen LogP contribution >= 0.6 is 0 Å². The van der Waals surface area contributed by atoms with Crippen LogP contribution in [-0.4, -0.2) is 53.6 Å². The van der Waals surface area contributed by atoms with Crippen LogP contribution in [-0.2, 0) is 27.4 Å². The number of urea groups is 1. The molecule has 10 nitrogen and oxygen atoms in total. The van der Waals surface area contributed by atoms with Crippen molar-refractivity contribution in [2.75, 3.05) is 36.7 Å². The number of hydrogen-bond donors (Lipinski definition) is 5. The van der Waals surface area contributed by atoms with Crippen LogP contribution in [0.3, 0.4) is 0 Å². The zero-order chi connectivity index (χ0) is 31.6. The standard InChI is InChI=1S/C34H45N3O7/c1-26(39)44-37(34(42)36-30-12-5-4-6-13-30)31-17-14-27(15-18-31)11-7-10-22-43-21-9-3-2-8-20-35-24-33(41)28-16-19-32(40)29(23-28)25-38/h4-6,12-19,23,33,35,38,40-41H,2-3,7-11,20-22,24-25H2,1H3,(H,36,42)/t33-/m0/s1. The molecule has 0 heterocycles. The lowest BCUT2D eigenvalue weighted by Crippen LogP contribution is -2.36. The molecular formula is C34H45N3O7. The van der Waals surface area contributed by atoms with E-state index >= 15 is 0 Å². The second kappa shape index (κ2) is 19.3. The molecule has 3 aromatic carbocycles. The quantitative estimate of drug-likeness (QED) is 0.0927. The van der Waals surface area contributed by atoms with Crippen molar-refractivity contribution in [1.82, 2.24) is 5.32 Å². The Kier molecular flexibility index (Phi) is 15.2. The summed E-state index contributed by atoms with van der Waals surface area (Å²) in [5, 5.41) is 36.1. The number of phenols is 1. The summed E-state index contributed by atoms with van der Waals surface area (Å²) in [6, 6.07) is 20.6. The Balaban J connectivity index is 1.22. The van der Waals surface area contributed by atoms with Gasteiger partial charge in [0.25, 0.3) is 0 Å². The smallest absolute Gasteiger partial charge is 0.359 e. The number of carbonyl (C=O) groups excluding carboxylic acids is 2. The Bertz CT molecular complexity index is 1270. The second-order valence-corrected chi connectivity index (χ2v) is 10.6. The minimum Gasteiger partial charge on any atom is -0.508 e. The van der Waals surface area contributed by atoms with Gasteiger partial charge in [0.15, 0.2) is 0 Å². The Morgan fingerprint density at radius 1 is 0.886 bits per heavy atom. The average Bonchev–Trinajstić information content (AvgIpc) is 3.03. The second-order valence-electron chi connectivity index (χ2n) is 10.6.